The van der Waals surface area contributed by atoms with E-state index in [0.29, 0.717) is 19.6 Å². The summed E-state index contributed by atoms with van der Waals surface area (Å²) in [6.07, 6.45) is 4.99. The van der Waals surface area contributed by atoms with E-state index in [1.165, 1.54) is 7.11 Å². The van der Waals surface area contributed by atoms with Crippen molar-refractivity contribution in [1.82, 2.24) is 40.4 Å². The summed E-state index contributed by atoms with van der Waals surface area (Å²) >= 11 is 0. The first-order valence-electron chi connectivity index (χ1n) is 17.2. The van der Waals surface area contributed by atoms with Crippen LogP contribution >= 0.6 is 0 Å². The number of aromatic amines is 2. The van der Waals surface area contributed by atoms with Crippen LogP contribution in [0, 0.1) is 0 Å². The summed E-state index contributed by atoms with van der Waals surface area (Å²) in [5.41, 5.74) is 6.67. The van der Waals surface area contributed by atoms with Crippen LogP contribution in [0.1, 0.15) is 61.9 Å². The molecule has 51 heavy (non-hydrogen) atoms. The molecule has 0 radical (unpaired) electrons. The van der Waals surface area contributed by atoms with Crippen LogP contribution in [-0.4, -0.2) is 86.8 Å². The Kier molecular flexibility index (Phi) is 8.28. The van der Waals surface area contributed by atoms with Crippen LogP contribution in [-0.2, 0) is 25.7 Å². The molecule has 3 aliphatic rings. The minimum atomic E-state index is -0.641. The average molecular weight is 691 g/mol. The van der Waals surface area contributed by atoms with Crippen LogP contribution in [0.5, 0.6) is 5.75 Å². The maximum absolute atomic E-state index is 12.9. The molecule has 3 atom stereocenters. The predicted octanol–water partition coefficient (Wildman–Crippen LogP) is 4.48. The number of nitrogens with zero attached hydrogens (tertiary/aromatic N) is 4. The molecule has 0 spiro atoms. The molecular formula is C37H38N8O6. The lowest BCUT2D eigenvalue weighted by Crippen LogP contribution is -2.41. The average Bonchev–Trinajstić information content (AvgIpc) is 3.97. The molecule has 5 heterocycles. The SMILES string of the molecule is COC(=O)NCC(=O)N1CCCC1c1nc2ccc3cc4c(cc3c2[nH]1)OCc1cc(-c2cnc(C3CC[C@H](C)N3C(=O)CNC=O)[nH]2)ccc1-4. The van der Waals surface area contributed by atoms with Gasteiger partial charge in [-0.05, 0) is 78.9 Å². The van der Waals surface area contributed by atoms with Crippen LogP contribution < -0.4 is 15.4 Å². The van der Waals surface area contributed by atoms with Gasteiger partial charge in [0.25, 0.3) is 0 Å². The second-order valence-corrected chi connectivity index (χ2v) is 13.3. The molecule has 2 saturated heterocycles. The molecule has 8 rings (SSSR count). The van der Waals surface area contributed by atoms with Crippen LogP contribution in [0.3, 0.4) is 0 Å². The Bertz CT molecular complexity index is 2190. The van der Waals surface area contributed by atoms with Crippen molar-refractivity contribution in [2.75, 3.05) is 26.7 Å². The maximum atomic E-state index is 12.9. The van der Waals surface area contributed by atoms with Gasteiger partial charge in [-0.15, -0.1) is 0 Å². The fraction of sp³-hybridized carbons (Fsp3) is 0.351. The van der Waals surface area contributed by atoms with E-state index in [1.807, 2.05) is 17.9 Å². The van der Waals surface area contributed by atoms with Crippen molar-refractivity contribution in [3.8, 4) is 28.1 Å². The Morgan fingerprint density at radius 2 is 1.88 bits per heavy atom. The summed E-state index contributed by atoms with van der Waals surface area (Å²) in [5, 5.41) is 6.97. The minimum absolute atomic E-state index is 0.0341. The van der Waals surface area contributed by atoms with E-state index >= 15 is 0 Å². The van der Waals surface area contributed by atoms with Crippen molar-refractivity contribution in [1.29, 1.82) is 0 Å². The number of imidazole rings is 2. The molecule has 3 aliphatic heterocycles. The number of hydrogen-bond acceptors (Lipinski definition) is 8. The van der Waals surface area contributed by atoms with E-state index in [1.54, 1.807) is 11.1 Å². The summed E-state index contributed by atoms with van der Waals surface area (Å²) < 4.78 is 10.9. The molecule has 2 unspecified atom stereocenters. The van der Waals surface area contributed by atoms with Crippen molar-refractivity contribution >= 4 is 46.1 Å². The molecule has 0 saturated carbocycles. The van der Waals surface area contributed by atoms with Gasteiger partial charge in [0.05, 0.1) is 48.7 Å². The molecule has 4 N–H and O–H groups in total. The van der Waals surface area contributed by atoms with E-state index in [4.69, 9.17) is 9.72 Å². The number of nitrogens with one attached hydrogen (secondary N) is 4. The Labute approximate surface area is 292 Å². The third-order valence-corrected chi connectivity index (χ3v) is 10.3. The smallest absolute Gasteiger partial charge is 0.407 e. The molecule has 0 bridgehead atoms. The van der Waals surface area contributed by atoms with Gasteiger partial charge in [0.1, 0.15) is 30.5 Å². The third kappa shape index (κ3) is 5.79. The van der Waals surface area contributed by atoms with Gasteiger partial charge in [-0.25, -0.2) is 14.8 Å². The Morgan fingerprint density at radius 1 is 1.00 bits per heavy atom. The first-order valence-corrected chi connectivity index (χ1v) is 17.2. The molecule has 262 valence electrons. The van der Waals surface area contributed by atoms with E-state index in [-0.39, 0.29) is 43.0 Å². The van der Waals surface area contributed by atoms with Gasteiger partial charge in [-0.2, -0.15) is 0 Å². The number of ether oxygens (including phenoxy) is 2. The van der Waals surface area contributed by atoms with E-state index in [9.17, 15) is 19.2 Å². The number of benzene rings is 3. The molecule has 3 aromatic carbocycles. The lowest BCUT2D eigenvalue weighted by Gasteiger charge is -2.27. The highest BCUT2D eigenvalue weighted by atomic mass is 16.5. The van der Waals surface area contributed by atoms with Crippen molar-refractivity contribution in [2.45, 2.75) is 57.3 Å². The summed E-state index contributed by atoms with van der Waals surface area (Å²) in [7, 11) is 1.27. The zero-order valence-electron chi connectivity index (χ0n) is 28.3. The van der Waals surface area contributed by atoms with Gasteiger partial charge >= 0.3 is 6.09 Å². The van der Waals surface area contributed by atoms with Crippen LogP contribution in [0.2, 0.25) is 0 Å². The summed E-state index contributed by atoms with van der Waals surface area (Å²) in [6, 6.07) is 14.2. The van der Waals surface area contributed by atoms with E-state index in [0.717, 1.165) is 92.8 Å². The Hall–Kier alpha value is -5.92. The van der Waals surface area contributed by atoms with Crippen molar-refractivity contribution in [2.24, 2.45) is 0 Å². The number of aromatic nitrogens is 4. The van der Waals surface area contributed by atoms with Crippen molar-refractivity contribution < 1.29 is 28.7 Å². The third-order valence-electron chi connectivity index (χ3n) is 10.3. The first kappa shape index (κ1) is 32.3. The zero-order valence-corrected chi connectivity index (χ0v) is 28.3. The second kappa shape index (κ2) is 13.1. The fourth-order valence-corrected chi connectivity index (χ4v) is 7.85. The number of amides is 4. The number of alkyl carbamates (subject to hydrolysis) is 1. The molecule has 2 aromatic heterocycles. The van der Waals surface area contributed by atoms with Gasteiger partial charge in [0.15, 0.2) is 0 Å². The lowest BCUT2D eigenvalue weighted by molar-refractivity contribution is -0.134. The van der Waals surface area contributed by atoms with Gasteiger partial charge in [0, 0.05) is 23.5 Å². The first-order chi connectivity index (χ1) is 24.8. The standard InChI is InChI=1S/C37H38N8O6/c1-20-5-10-30(45(20)33(48)16-38-19-46)35-39-15-28(42-35)22-6-8-24-23(12-22)18-51-31-14-25-21(13-26(24)31)7-9-27-34(25)43-36(41-27)29-4-3-11-44(29)32(47)17-40-37(49)50-2/h6-9,12-15,19-20,29-30H,3-5,10-11,16-18H2,1-2H3,(H,38,46)(H,39,42)(H,40,49)(H,41,43)/t20-,29?,30?/m0/s1. The number of methoxy groups -OCH3 is 1. The minimum Gasteiger partial charge on any atom is -0.488 e. The van der Waals surface area contributed by atoms with Crippen LogP contribution in [0.4, 0.5) is 4.79 Å². The highest BCUT2D eigenvalue weighted by molar-refractivity contribution is 6.07. The topological polar surface area (TPSA) is 175 Å². The monoisotopic (exact) mass is 690 g/mol. The summed E-state index contributed by atoms with van der Waals surface area (Å²) in [5.74, 6) is 1.93. The van der Waals surface area contributed by atoms with Crippen LogP contribution in [0.25, 0.3) is 44.2 Å². The second-order valence-electron chi connectivity index (χ2n) is 13.3. The lowest BCUT2D eigenvalue weighted by atomic mass is 9.92. The number of fused-ring (bicyclic) bond motifs is 6. The molecular weight excluding hydrogens is 652 g/mol. The van der Waals surface area contributed by atoms with E-state index < -0.39 is 6.09 Å². The summed E-state index contributed by atoms with van der Waals surface area (Å²) in [6.45, 7) is 2.84. The number of likely N-dealkylation sites (tertiary alicyclic amines) is 2. The Morgan fingerprint density at radius 3 is 2.73 bits per heavy atom. The number of carbonyl (C=O) groups is 4. The van der Waals surface area contributed by atoms with Gasteiger partial charge in [-0.1, -0.05) is 18.2 Å². The largest absolute Gasteiger partial charge is 0.488 e. The number of carbonyl (C=O) groups excluding carboxylic acids is 4. The number of H-pyrrole nitrogens is 2. The highest BCUT2D eigenvalue weighted by Crippen LogP contribution is 2.43. The molecule has 14 heteroatoms. The van der Waals surface area contributed by atoms with Crippen molar-refractivity contribution in [3.05, 3.63) is 65.9 Å². The number of rotatable bonds is 8. The van der Waals surface area contributed by atoms with Crippen molar-refractivity contribution in [3.63, 3.8) is 0 Å². The van der Waals surface area contributed by atoms with Gasteiger partial charge < -0.3 is 39.9 Å². The fourth-order valence-electron chi connectivity index (χ4n) is 7.85. The number of hydrogen-bond donors (Lipinski definition) is 4. The van der Waals surface area contributed by atoms with Gasteiger partial charge in [-0.3, -0.25) is 14.4 Å². The highest BCUT2D eigenvalue weighted by Gasteiger charge is 2.37. The molecule has 0 aliphatic carbocycles. The normalized spacial score (nSPS) is 19.5. The molecule has 5 aromatic rings. The maximum Gasteiger partial charge on any atom is 0.407 e. The molecule has 2 fully saturated rings. The van der Waals surface area contributed by atoms with E-state index in [2.05, 4.69) is 66.7 Å². The predicted molar refractivity (Wildman–Crippen MR) is 187 cm³/mol. The molecule has 4 amide bonds. The zero-order chi connectivity index (χ0) is 35.2. The summed E-state index contributed by atoms with van der Waals surface area (Å²) in [4.78, 5) is 68.2. The van der Waals surface area contributed by atoms with Gasteiger partial charge in [0.2, 0.25) is 18.2 Å². The molecule has 14 nitrogen and oxygen atoms in total. The Balaban J connectivity index is 1.05. The quantitative estimate of drug-likeness (QED) is 0.172. The van der Waals surface area contributed by atoms with Crippen LogP contribution in [0.15, 0.2) is 48.7 Å².